The first-order valence-electron chi connectivity index (χ1n) is 6.43. The highest BCUT2D eigenvalue weighted by atomic mass is 35.5. The van der Waals surface area contributed by atoms with Crippen molar-refractivity contribution in [3.8, 4) is 0 Å². The molecule has 4 nitrogen and oxygen atoms in total. The fourth-order valence-electron chi connectivity index (χ4n) is 1.79. The molecular formula is C15H17ClN2O2. The number of nitrogens with one attached hydrogen (secondary N) is 2. The lowest BCUT2D eigenvalue weighted by Crippen LogP contribution is -2.34. The molecule has 2 rings (SSSR count). The predicted octanol–water partition coefficient (Wildman–Crippen LogP) is 2.90. The normalized spacial score (nSPS) is 12.1. The van der Waals surface area contributed by atoms with Crippen LogP contribution in [0.25, 0.3) is 0 Å². The molecular weight excluding hydrogens is 276 g/mol. The summed E-state index contributed by atoms with van der Waals surface area (Å²) in [7, 11) is 0. The molecule has 1 atom stereocenters. The van der Waals surface area contributed by atoms with E-state index in [2.05, 4.69) is 10.6 Å². The van der Waals surface area contributed by atoms with Gasteiger partial charge in [-0.3, -0.25) is 10.1 Å². The molecule has 0 radical (unpaired) electrons. The summed E-state index contributed by atoms with van der Waals surface area (Å²) in [6.07, 6.45) is 1.62. The van der Waals surface area contributed by atoms with E-state index in [0.29, 0.717) is 11.6 Å². The van der Waals surface area contributed by atoms with E-state index < -0.39 is 0 Å². The van der Waals surface area contributed by atoms with Gasteiger partial charge in [0.2, 0.25) is 5.91 Å². The maximum atomic E-state index is 11.7. The van der Waals surface area contributed by atoms with Crippen molar-refractivity contribution in [2.75, 3.05) is 6.54 Å². The van der Waals surface area contributed by atoms with Gasteiger partial charge in [-0.05, 0) is 36.8 Å². The number of amides is 1. The molecule has 0 saturated heterocycles. The van der Waals surface area contributed by atoms with Gasteiger partial charge in [0, 0.05) is 11.6 Å². The van der Waals surface area contributed by atoms with Crippen molar-refractivity contribution in [1.82, 2.24) is 10.6 Å². The Morgan fingerprint density at radius 1 is 1.35 bits per heavy atom. The molecule has 106 valence electrons. The first-order chi connectivity index (χ1) is 9.65. The second-order valence-corrected chi connectivity index (χ2v) is 4.96. The van der Waals surface area contributed by atoms with Crippen LogP contribution in [0.4, 0.5) is 0 Å². The molecule has 1 aromatic heterocycles. The van der Waals surface area contributed by atoms with Crippen molar-refractivity contribution in [2.45, 2.75) is 19.5 Å². The number of hydrogen-bond donors (Lipinski definition) is 2. The van der Waals surface area contributed by atoms with Gasteiger partial charge in [0.15, 0.2) is 0 Å². The van der Waals surface area contributed by atoms with E-state index >= 15 is 0 Å². The van der Waals surface area contributed by atoms with Gasteiger partial charge in [0.05, 0.1) is 18.8 Å². The van der Waals surface area contributed by atoms with Gasteiger partial charge in [-0.2, -0.15) is 0 Å². The maximum Gasteiger partial charge on any atom is 0.234 e. The van der Waals surface area contributed by atoms with Crippen molar-refractivity contribution in [1.29, 1.82) is 0 Å². The second-order valence-electron chi connectivity index (χ2n) is 4.52. The minimum Gasteiger partial charge on any atom is -0.468 e. The van der Waals surface area contributed by atoms with Gasteiger partial charge in [0.25, 0.3) is 0 Å². The zero-order valence-corrected chi connectivity index (χ0v) is 12.0. The minimum atomic E-state index is -0.0663. The lowest BCUT2D eigenvalue weighted by atomic mass is 10.2. The minimum absolute atomic E-state index is 0.00178. The molecule has 2 aromatic rings. The Bertz CT molecular complexity index is 555. The summed E-state index contributed by atoms with van der Waals surface area (Å²) in [5, 5.41) is 6.60. The van der Waals surface area contributed by atoms with Crippen LogP contribution in [-0.4, -0.2) is 12.5 Å². The average molecular weight is 293 g/mol. The Morgan fingerprint density at radius 3 is 2.90 bits per heavy atom. The molecule has 0 aliphatic heterocycles. The zero-order valence-electron chi connectivity index (χ0n) is 11.2. The molecule has 0 spiro atoms. The van der Waals surface area contributed by atoms with Crippen LogP contribution in [0.1, 0.15) is 24.3 Å². The highest BCUT2D eigenvalue weighted by Gasteiger charge is 2.09. The van der Waals surface area contributed by atoms with Crippen molar-refractivity contribution in [3.05, 3.63) is 59.0 Å². The summed E-state index contributed by atoms with van der Waals surface area (Å²) in [5.41, 5.74) is 0.977. The Hall–Kier alpha value is -1.78. The Kier molecular flexibility index (Phi) is 5.21. The molecule has 0 saturated carbocycles. The topological polar surface area (TPSA) is 54.3 Å². The van der Waals surface area contributed by atoms with Crippen molar-refractivity contribution in [3.63, 3.8) is 0 Å². The first-order valence-corrected chi connectivity index (χ1v) is 6.81. The van der Waals surface area contributed by atoms with Crippen LogP contribution in [0, 0.1) is 0 Å². The summed E-state index contributed by atoms with van der Waals surface area (Å²) in [4.78, 5) is 11.7. The third-order valence-electron chi connectivity index (χ3n) is 2.92. The second kappa shape index (κ2) is 7.12. The van der Waals surface area contributed by atoms with Crippen LogP contribution in [0.5, 0.6) is 0 Å². The van der Waals surface area contributed by atoms with Gasteiger partial charge in [-0.15, -0.1) is 0 Å². The van der Waals surface area contributed by atoms with Crippen LogP contribution in [0.2, 0.25) is 5.02 Å². The van der Waals surface area contributed by atoms with Crippen LogP contribution in [0.15, 0.2) is 47.1 Å². The fraction of sp³-hybridized carbons (Fsp3) is 0.267. The van der Waals surface area contributed by atoms with E-state index in [4.69, 9.17) is 16.0 Å². The van der Waals surface area contributed by atoms with Gasteiger partial charge >= 0.3 is 0 Å². The van der Waals surface area contributed by atoms with Gasteiger partial charge in [0.1, 0.15) is 5.76 Å². The molecule has 1 heterocycles. The van der Waals surface area contributed by atoms with Crippen LogP contribution in [0.3, 0.4) is 0 Å². The van der Waals surface area contributed by atoms with E-state index in [0.717, 1.165) is 11.3 Å². The van der Waals surface area contributed by atoms with E-state index in [9.17, 15) is 4.79 Å². The number of rotatable bonds is 6. The SMILES string of the molecule is C[C@H](NCC(=O)NCc1cccc(Cl)c1)c1ccco1. The van der Waals surface area contributed by atoms with E-state index in [1.807, 2.05) is 37.3 Å². The quantitative estimate of drug-likeness (QED) is 0.861. The number of carbonyl (C=O) groups excluding carboxylic acids is 1. The van der Waals surface area contributed by atoms with Gasteiger partial charge in [-0.25, -0.2) is 0 Å². The molecule has 0 unspecified atom stereocenters. The van der Waals surface area contributed by atoms with Crippen LogP contribution in [-0.2, 0) is 11.3 Å². The molecule has 0 aliphatic carbocycles. The molecule has 0 aliphatic rings. The Labute approximate surface area is 123 Å². The van der Waals surface area contributed by atoms with Crippen molar-refractivity contribution >= 4 is 17.5 Å². The van der Waals surface area contributed by atoms with Gasteiger partial charge in [-0.1, -0.05) is 23.7 Å². The number of carbonyl (C=O) groups is 1. The van der Waals surface area contributed by atoms with E-state index in [1.54, 1.807) is 12.3 Å². The zero-order chi connectivity index (χ0) is 14.4. The smallest absolute Gasteiger partial charge is 0.234 e. The van der Waals surface area contributed by atoms with Gasteiger partial charge < -0.3 is 9.73 Å². The number of furan rings is 1. The average Bonchev–Trinajstić information content (AvgIpc) is 2.97. The molecule has 0 bridgehead atoms. The highest BCUT2D eigenvalue weighted by molar-refractivity contribution is 6.30. The molecule has 2 N–H and O–H groups in total. The molecule has 1 amide bonds. The first kappa shape index (κ1) is 14.6. The number of hydrogen-bond acceptors (Lipinski definition) is 3. The van der Waals surface area contributed by atoms with E-state index in [1.165, 1.54) is 0 Å². The number of benzene rings is 1. The van der Waals surface area contributed by atoms with Crippen LogP contribution >= 0.6 is 11.6 Å². The lowest BCUT2D eigenvalue weighted by molar-refractivity contribution is -0.120. The summed E-state index contributed by atoms with van der Waals surface area (Å²) in [6.45, 7) is 2.65. The molecule has 1 aromatic carbocycles. The third kappa shape index (κ3) is 4.40. The standard InChI is InChI=1S/C15H17ClN2O2/c1-11(14-6-3-7-20-14)17-10-15(19)18-9-12-4-2-5-13(16)8-12/h2-8,11,17H,9-10H2,1H3,(H,18,19)/t11-/m0/s1. The van der Waals surface area contributed by atoms with E-state index in [-0.39, 0.29) is 18.5 Å². The molecule has 20 heavy (non-hydrogen) atoms. The monoisotopic (exact) mass is 292 g/mol. The number of halogens is 1. The predicted molar refractivity (Wildman–Crippen MR) is 78.4 cm³/mol. The van der Waals surface area contributed by atoms with Crippen molar-refractivity contribution < 1.29 is 9.21 Å². The maximum absolute atomic E-state index is 11.7. The Balaban J connectivity index is 1.73. The van der Waals surface area contributed by atoms with Crippen molar-refractivity contribution in [2.24, 2.45) is 0 Å². The summed E-state index contributed by atoms with van der Waals surface area (Å²) < 4.78 is 5.26. The highest BCUT2D eigenvalue weighted by Crippen LogP contribution is 2.12. The Morgan fingerprint density at radius 2 is 2.20 bits per heavy atom. The third-order valence-corrected chi connectivity index (χ3v) is 3.15. The molecule has 5 heteroatoms. The summed E-state index contributed by atoms with van der Waals surface area (Å²) in [5.74, 6) is 0.746. The molecule has 0 fully saturated rings. The van der Waals surface area contributed by atoms with Crippen LogP contribution < -0.4 is 10.6 Å². The lowest BCUT2D eigenvalue weighted by Gasteiger charge is -2.11. The summed E-state index contributed by atoms with van der Waals surface area (Å²) in [6, 6.07) is 11.1. The largest absolute Gasteiger partial charge is 0.468 e. The summed E-state index contributed by atoms with van der Waals surface area (Å²) >= 11 is 5.88. The fourth-order valence-corrected chi connectivity index (χ4v) is 2.01.